The van der Waals surface area contributed by atoms with Crippen molar-refractivity contribution in [2.24, 2.45) is 0 Å². The fraction of sp³-hybridized carbons (Fsp3) is 0.217. The summed E-state index contributed by atoms with van der Waals surface area (Å²) in [5, 5.41) is 6.98. The number of hydrogen-bond donors (Lipinski definition) is 2. The Balaban J connectivity index is 1.63. The summed E-state index contributed by atoms with van der Waals surface area (Å²) in [4.78, 5) is 29.3. The van der Waals surface area contributed by atoms with E-state index in [1.807, 2.05) is 48.5 Å². The van der Waals surface area contributed by atoms with Crippen molar-refractivity contribution in [3.05, 3.63) is 77.7 Å². The van der Waals surface area contributed by atoms with Crippen molar-refractivity contribution in [2.75, 3.05) is 36.4 Å². The van der Waals surface area contributed by atoms with Gasteiger partial charge in [-0.05, 0) is 24.3 Å². The Kier molecular flexibility index (Phi) is 5.39. The van der Waals surface area contributed by atoms with Crippen LogP contribution in [0.5, 0.6) is 0 Å². The molecule has 0 saturated carbocycles. The number of fused-ring (bicyclic) bond motifs is 1. The molecule has 2 N–H and O–H groups in total. The Labute approximate surface area is 185 Å². The number of allylic oxidation sites excluding steroid dienone is 1. The molecule has 0 bridgehead atoms. The van der Waals surface area contributed by atoms with Crippen LogP contribution in [0.2, 0.25) is 0 Å². The fourth-order valence-electron chi connectivity index (χ4n) is 3.86. The van der Waals surface area contributed by atoms with Crippen LogP contribution in [0.3, 0.4) is 0 Å². The van der Waals surface area contributed by atoms with E-state index in [9.17, 15) is 4.79 Å². The zero-order valence-electron chi connectivity index (χ0n) is 17.6. The molecule has 1 aliphatic rings. The molecule has 1 saturated heterocycles. The number of aromatic nitrogens is 5. The molecule has 1 aromatic carbocycles. The lowest BCUT2D eigenvalue weighted by atomic mass is 10.3. The normalized spacial score (nSPS) is 13.9. The molecule has 3 aromatic heterocycles. The summed E-state index contributed by atoms with van der Waals surface area (Å²) in [5.41, 5.74) is 1.18. The van der Waals surface area contributed by atoms with Crippen molar-refractivity contribution in [1.29, 1.82) is 0 Å². The molecule has 1 aliphatic heterocycles. The number of piperazine rings is 1. The number of nitrogens with zero attached hydrogens (tertiary/aromatic N) is 6. The smallest absolute Gasteiger partial charge is 0.278 e. The summed E-state index contributed by atoms with van der Waals surface area (Å²) in [6, 6.07) is 15.5. The number of nitrogens with one attached hydrogen (secondary N) is 2. The second-order valence-corrected chi connectivity index (χ2v) is 7.50. The van der Waals surface area contributed by atoms with Crippen molar-refractivity contribution in [1.82, 2.24) is 29.6 Å². The highest BCUT2D eigenvalue weighted by Gasteiger charge is 2.19. The first-order valence-corrected chi connectivity index (χ1v) is 10.6. The largest absolute Gasteiger partial charge is 0.354 e. The van der Waals surface area contributed by atoms with Crippen molar-refractivity contribution in [3.8, 4) is 5.82 Å². The minimum atomic E-state index is -0.180. The van der Waals surface area contributed by atoms with E-state index in [1.165, 1.54) is 0 Å². The third kappa shape index (κ3) is 3.74. The van der Waals surface area contributed by atoms with E-state index in [2.05, 4.69) is 32.1 Å². The van der Waals surface area contributed by atoms with Crippen LogP contribution >= 0.6 is 0 Å². The number of para-hydroxylation sites is 1. The Morgan fingerprint density at radius 3 is 2.59 bits per heavy atom. The Morgan fingerprint density at radius 1 is 1.03 bits per heavy atom. The number of anilines is 3. The molecule has 0 spiro atoms. The fourth-order valence-corrected chi connectivity index (χ4v) is 3.86. The van der Waals surface area contributed by atoms with E-state index < -0.39 is 0 Å². The molecule has 0 atom stereocenters. The van der Waals surface area contributed by atoms with Gasteiger partial charge in [-0.25, -0.2) is 19.3 Å². The Morgan fingerprint density at radius 2 is 1.81 bits per heavy atom. The van der Waals surface area contributed by atoms with Gasteiger partial charge in [0.2, 0.25) is 5.95 Å². The van der Waals surface area contributed by atoms with E-state index in [0.29, 0.717) is 29.3 Å². The van der Waals surface area contributed by atoms with E-state index in [1.54, 1.807) is 21.6 Å². The second kappa shape index (κ2) is 8.64. The molecule has 32 heavy (non-hydrogen) atoms. The van der Waals surface area contributed by atoms with Crippen LogP contribution < -0.4 is 21.1 Å². The van der Waals surface area contributed by atoms with Gasteiger partial charge in [0, 0.05) is 38.1 Å². The van der Waals surface area contributed by atoms with Crippen molar-refractivity contribution < 1.29 is 0 Å². The topological polar surface area (TPSA) is 92.9 Å². The van der Waals surface area contributed by atoms with Gasteiger partial charge in [0.15, 0.2) is 11.5 Å². The number of rotatable bonds is 6. The SMILES string of the molecule is C=CCn1c(=O)c2cnc(Nc3ccccc3)nc2n1-c1cccc(N2CCNCC2)n1. The quantitative estimate of drug-likeness (QED) is 0.455. The minimum absolute atomic E-state index is 0.180. The molecule has 5 rings (SSSR count). The molecule has 0 unspecified atom stereocenters. The lowest BCUT2D eigenvalue weighted by Gasteiger charge is -2.28. The molecular formula is C23H24N8O. The number of hydrogen-bond acceptors (Lipinski definition) is 7. The average molecular weight is 429 g/mol. The van der Waals surface area contributed by atoms with Crippen molar-refractivity contribution in [2.45, 2.75) is 6.54 Å². The molecule has 1 fully saturated rings. The maximum absolute atomic E-state index is 13.1. The van der Waals surface area contributed by atoms with Crippen LogP contribution in [-0.4, -0.2) is 50.5 Å². The summed E-state index contributed by atoms with van der Waals surface area (Å²) in [5.74, 6) is 1.91. The molecule has 0 amide bonds. The molecule has 4 heterocycles. The number of pyridine rings is 1. The molecular weight excluding hydrogens is 404 g/mol. The van der Waals surface area contributed by atoms with Crippen molar-refractivity contribution in [3.63, 3.8) is 0 Å². The Hall–Kier alpha value is -3.98. The lowest BCUT2D eigenvalue weighted by molar-refractivity contribution is 0.578. The maximum Gasteiger partial charge on any atom is 0.278 e. The van der Waals surface area contributed by atoms with E-state index in [4.69, 9.17) is 4.98 Å². The first kappa shape index (κ1) is 20.0. The predicted molar refractivity (Wildman–Crippen MR) is 126 cm³/mol. The van der Waals surface area contributed by atoms with Gasteiger partial charge < -0.3 is 15.5 Å². The van der Waals surface area contributed by atoms with Crippen LogP contribution in [0.15, 0.2) is 72.2 Å². The van der Waals surface area contributed by atoms with E-state index in [0.717, 1.165) is 37.7 Å². The average Bonchev–Trinajstić information content (AvgIpc) is 3.11. The summed E-state index contributed by atoms with van der Waals surface area (Å²) in [6.45, 7) is 7.74. The lowest BCUT2D eigenvalue weighted by Crippen LogP contribution is -2.44. The third-order valence-electron chi connectivity index (χ3n) is 5.39. The molecule has 0 radical (unpaired) electrons. The molecule has 9 heteroatoms. The van der Waals surface area contributed by atoms with Crippen molar-refractivity contribution >= 4 is 28.5 Å². The van der Waals surface area contributed by atoms with Gasteiger partial charge in [-0.3, -0.25) is 4.79 Å². The number of benzene rings is 1. The highest BCUT2D eigenvalue weighted by molar-refractivity contribution is 5.77. The Bertz CT molecular complexity index is 1300. The van der Waals surface area contributed by atoms with Gasteiger partial charge >= 0.3 is 0 Å². The predicted octanol–water partition coefficient (Wildman–Crippen LogP) is 2.32. The van der Waals surface area contributed by atoms with Gasteiger partial charge in [0.25, 0.3) is 5.56 Å². The van der Waals surface area contributed by atoms with E-state index >= 15 is 0 Å². The van der Waals surface area contributed by atoms with Gasteiger partial charge in [0.1, 0.15) is 11.2 Å². The highest BCUT2D eigenvalue weighted by Crippen LogP contribution is 2.20. The monoisotopic (exact) mass is 428 g/mol. The van der Waals surface area contributed by atoms with Gasteiger partial charge in [-0.2, -0.15) is 4.98 Å². The standard InChI is InChI=1S/C23H24N8O/c1-2-13-30-22(32)18-16-25-23(26-17-7-4-3-5-8-17)28-21(18)31(30)20-10-6-9-19(27-20)29-14-11-24-12-15-29/h2-10,16,24H,1,11-15H2,(H,25,26,28). The summed E-state index contributed by atoms with van der Waals surface area (Å²) in [6.07, 6.45) is 3.25. The van der Waals surface area contributed by atoms with Crippen LogP contribution in [0.25, 0.3) is 16.9 Å². The first-order chi connectivity index (χ1) is 15.7. The minimum Gasteiger partial charge on any atom is -0.354 e. The van der Waals surface area contributed by atoms with Crippen LogP contribution in [-0.2, 0) is 6.54 Å². The molecule has 0 aliphatic carbocycles. The molecule has 9 nitrogen and oxygen atoms in total. The van der Waals surface area contributed by atoms with E-state index in [-0.39, 0.29) is 5.56 Å². The second-order valence-electron chi connectivity index (χ2n) is 7.50. The summed E-state index contributed by atoms with van der Waals surface area (Å²) >= 11 is 0. The highest BCUT2D eigenvalue weighted by atomic mass is 16.1. The maximum atomic E-state index is 13.1. The third-order valence-corrected chi connectivity index (χ3v) is 5.39. The zero-order valence-corrected chi connectivity index (χ0v) is 17.6. The summed E-state index contributed by atoms with van der Waals surface area (Å²) < 4.78 is 3.34. The molecule has 162 valence electrons. The van der Waals surface area contributed by atoms with Gasteiger partial charge in [0.05, 0.1) is 6.54 Å². The van der Waals surface area contributed by atoms with Gasteiger partial charge in [-0.15, -0.1) is 6.58 Å². The van der Waals surface area contributed by atoms with Crippen LogP contribution in [0, 0.1) is 0 Å². The van der Waals surface area contributed by atoms with Crippen LogP contribution in [0.1, 0.15) is 0 Å². The first-order valence-electron chi connectivity index (χ1n) is 10.6. The van der Waals surface area contributed by atoms with Crippen LogP contribution in [0.4, 0.5) is 17.5 Å². The zero-order chi connectivity index (χ0) is 21.9. The molecule has 4 aromatic rings. The summed E-state index contributed by atoms with van der Waals surface area (Å²) in [7, 11) is 0. The van der Waals surface area contributed by atoms with Gasteiger partial charge in [-0.1, -0.05) is 30.3 Å².